The molecule has 6 nitrogen and oxygen atoms in total. The summed E-state index contributed by atoms with van der Waals surface area (Å²) >= 11 is 1.43. The van der Waals surface area contributed by atoms with Crippen molar-refractivity contribution < 1.29 is 14.3 Å². The van der Waals surface area contributed by atoms with Gasteiger partial charge in [-0.1, -0.05) is 25.1 Å². The van der Waals surface area contributed by atoms with Crippen LogP contribution in [-0.2, 0) is 17.8 Å². The van der Waals surface area contributed by atoms with Crippen molar-refractivity contribution in [3.8, 4) is 5.75 Å². The van der Waals surface area contributed by atoms with Gasteiger partial charge in [-0.25, -0.2) is 0 Å². The lowest BCUT2D eigenvalue weighted by molar-refractivity contribution is -0.118. The van der Waals surface area contributed by atoms with E-state index in [1.807, 2.05) is 18.2 Å². The van der Waals surface area contributed by atoms with Crippen LogP contribution in [0.1, 0.15) is 27.7 Å². The molecule has 0 spiro atoms. The van der Waals surface area contributed by atoms with Gasteiger partial charge < -0.3 is 15.8 Å². The molecule has 0 fully saturated rings. The van der Waals surface area contributed by atoms with Gasteiger partial charge in [0.25, 0.3) is 11.8 Å². The number of likely N-dealkylation sites (N-methyl/N-ethyl adjacent to an activating group) is 1. The maximum Gasteiger partial charge on any atom is 0.262 e. The molecule has 3 rings (SSSR count). The molecule has 1 aromatic heterocycles. The number of hydrogen-bond acceptors (Lipinski definition) is 5. The lowest BCUT2D eigenvalue weighted by atomic mass is 10.0. The number of thiophene rings is 1. The molecule has 2 heterocycles. The first-order valence-electron chi connectivity index (χ1n) is 8.23. The highest BCUT2D eigenvalue weighted by atomic mass is 32.1. The van der Waals surface area contributed by atoms with Crippen LogP contribution < -0.4 is 15.8 Å². The van der Waals surface area contributed by atoms with E-state index in [-0.39, 0.29) is 12.5 Å². The van der Waals surface area contributed by atoms with E-state index in [1.165, 1.54) is 11.3 Å². The zero-order valence-corrected chi connectivity index (χ0v) is 14.9. The van der Waals surface area contributed by atoms with E-state index in [9.17, 15) is 9.59 Å². The monoisotopic (exact) mass is 359 g/mol. The number of carbonyl (C=O) groups is 2. The average Bonchev–Trinajstić information content (AvgIpc) is 2.97. The number of hydrogen-bond donors (Lipinski definition) is 2. The number of carbonyl (C=O) groups excluding carboxylic acids is 2. The SMILES string of the molecule is CCN1CCc2c(sc(NC(=O)COc3ccccc3)c2C(N)=O)C1. The van der Waals surface area contributed by atoms with E-state index in [2.05, 4.69) is 17.1 Å². The third kappa shape index (κ3) is 4.00. The highest BCUT2D eigenvalue weighted by Gasteiger charge is 2.27. The number of anilines is 1. The molecule has 0 bridgehead atoms. The summed E-state index contributed by atoms with van der Waals surface area (Å²) < 4.78 is 5.45. The van der Waals surface area contributed by atoms with E-state index >= 15 is 0 Å². The highest BCUT2D eigenvalue weighted by Crippen LogP contribution is 2.36. The molecule has 1 aromatic carbocycles. The van der Waals surface area contributed by atoms with Gasteiger partial charge in [-0.3, -0.25) is 14.5 Å². The van der Waals surface area contributed by atoms with E-state index < -0.39 is 5.91 Å². The third-order valence-electron chi connectivity index (χ3n) is 4.20. The van der Waals surface area contributed by atoms with Gasteiger partial charge in [-0.15, -0.1) is 11.3 Å². The quantitative estimate of drug-likeness (QED) is 0.828. The molecule has 1 aliphatic rings. The van der Waals surface area contributed by atoms with E-state index in [4.69, 9.17) is 10.5 Å². The van der Waals surface area contributed by atoms with Crippen LogP contribution in [0.4, 0.5) is 5.00 Å². The van der Waals surface area contributed by atoms with E-state index in [0.717, 1.165) is 36.5 Å². The maximum atomic E-state index is 12.2. The van der Waals surface area contributed by atoms with Gasteiger partial charge in [0.2, 0.25) is 0 Å². The standard InChI is InChI=1S/C18H21N3O3S/c1-2-21-9-8-13-14(10-21)25-18(16(13)17(19)23)20-15(22)11-24-12-6-4-3-5-7-12/h3-7H,2,8-11H2,1H3,(H2,19,23)(H,20,22). The maximum absolute atomic E-state index is 12.2. The number of nitrogens with zero attached hydrogens (tertiary/aromatic N) is 1. The first kappa shape index (κ1) is 17.4. The van der Waals surface area contributed by atoms with Crippen LogP contribution in [0.5, 0.6) is 5.75 Å². The van der Waals surface area contributed by atoms with Crippen molar-refractivity contribution in [1.29, 1.82) is 0 Å². The number of benzene rings is 1. The van der Waals surface area contributed by atoms with Gasteiger partial charge in [-0.05, 0) is 30.7 Å². The Morgan fingerprint density at radius 1 is 1.32 bits per heavy atom. The van der Waals surface area contributed by atoms with Gasteiger partial charge in [0.15, 0.2) is 6.61 Å². The lowest BCUT2D eigenvalue weighted by Crippen LogP contribution is -2.30. The van der Waals surface area contributed by atoms with Crippen LogP contribution in [-0.4, -0.2) is 36.4 Å². The molecule has 25 heavy (non-hydrogen) atoms. The minimum Gasteiger partial charge on any atom is -0.484 e. The number of fused-ring (bicyclic) bond motifs is 1. The number of ether oxygens (including phenoxy) is 1. The fourth-order valence-electron chi connectivity index (χ4n) is 2.90. The Hall–Kier alpha value is -2.38. The normalized spacial score (nSPS) is 14.0. The largest absolute Gasteiger partial charge is 0.484 e. The summed E-state index contributed by atoms with van der Waals surface area (Å²) in [5, 5.41) is 3.31. The van der Waals surface area contributed by atoms with Gasteiger partial charge in [0, 0.05) is 18.0 Å². The Bertz CT molecular complexity index is 773. The van der Waals surface area contributed by atoms with Crippen LogP contribution in [0.25, 0.3) is 0 Å². The summed E-state index contributed by atoms with van der Waals surface area (Å²) in [7, 11) is 0. The van der Waals surface area contributed by atoms with Crippen molar-refractivity contribution in [3.63, 3.8) is 0 Å². The molecule has 0 saturated heterocycles. The number of primary amides is 1. The predicted molar refractivity (Wildman–Crippen MR) is 98.1 cm³/mol. The second kappa shape index (κ2) is 7.67. The van der Waals surface area contributed by atoms with Crippen LogP contribution in [0, 0.1) is 0 Å². The lowest BCUT2D eigenvalue weighted by Gasteiger charge is -2.25. The minimum absolute atomic E-state index is 0.119. The molecular formula is C18H21N3O3S. The highest BCUT2D eigenvalue weighted by molar-refractivity contribution is 7.17. The van der Waals surface area contributed by atoms with Gasteiger partial charge in [-0.2, -0.15) is 0 Å². The Morgan fingerprint density at radius 3 is 2.76 bits per heavy atom. The Morgan fingerprint density at radius 2 is 2.08 bits per heavy atom. The molecule has 1 aliphatic heterocycles. The minimum atomic E-state index is -0.498. The van der Waals surface area contributed by atoms with Crippen molar-refractivity contribution in [3.05, 3.63) is 46.3 Å². The molecular weight excluding hydrogens is 338 g/mol. The van der Waals surface area contributed by atoms with Crippen molar-refractivity contribution in [2.75, 3.05) is 25.0 Å². The molecule has 2 amide bonds. The molecule has 0 saturated carbocycles. The summed E-state index contributed by atoms with van der Waals surface area (Å²) in [6, 6.07) is 9.12. The fourth-order valence-corrected chi connectivity index (χ4v) is 4.21. The summed E-state index contributed by atoms with van der Waals surface area (Å²) in [5.41, 5.74) is 6.98. The van der Waals surface area contributed by atoms with E-state index in [1.54, 1.807) is 12.1 Å². The summed E-state index contributed by atoms with van der Waals surface area (Å²) in [6.45, 7) is 4.62. The first-order valence-corrected chi connectivity index (χ1v) is 9.04. The smallest absolute Gasteiger partial charge is 0.262 e. The number of nitrogens with one attached hydrogen (secondary N) is 1. The van der Waals surface area contributed by atoms with Gasteiger partial charge >= 0.3 is 0 Å². The molecule has 0 radical (unpaired) electrons. The number of amides is 2. The van der Waals surface area contributed by atoms with Crippen molar-refractivity contribution in [2.45, 2.75) is 19.9 Å². The van der Waals surface area contributed by atoms with E-state index in [0.29, 0.717) is 16.3 Å². The predicted octanol–water partition coefficient (Wildman–Crippen LogP) is 2.24. The molecule has 7 heteroatoms. The first-order chi connectivity index (χ1) is 12.1. The molecule has 0 atom stereocenters. The topological polar surface area (TPSA) is 84.7 Å². The summed E-state index contributed by atoms with van der Waals surface area (Å²) in [6.07, 6.45) is 0.772. The van der Waals surface area contributed by atoms with Crippen LogP contribution in [0.2, 0.25) is 0 Å². The van der Waals surface area contributed by atoms with Crippen LogP contribution in [0.3, 0.4) is 0 Å². The van der Waals surface area contributed by atoms with Gasteiger partial charge in [0.1, 0.15) is 10.8 Å². The van der Waals surface area contributed by atoms with Crippen LogP contribution in [0.15, 0.2) is 30.3 Å². The van der Waals surface area contributed by atoms with Gasteiger partial charge in [0.05, 0.1) is 5.56 Å². The van der Waals surface area contributed by atoms with Crippen LogP contribution >= 0.6 is 11.3 Å². The Labute approximate surface area is 150 Å². The zero-order valence-electron chi connectivity index (χ0n) is 14.1. The second-order valence-corrected chi connectivity index (χ2v) is 6.95. The number of para-hydroxylation sites is 1. The molecule has 132 valence electrons. The third-order valence-corrected chi connectivity index (χ3v) is 5.33. The summed E-state index contributed by atoms with van der Waals surface area (Å²) in [4.78, 5) is 27.5. The Kier molecular flexibility index (Phi) is 5.35. The molecule has 3 N–H and O–H groups in total. The number of rotatable bonds is 6. The second-order valence-electron chi connectivity index (χ2n) is 5.84. The Balaban J connectivity index is 1.72. The molecule has 0 unspecified atom stereocenters. The summed E-state index contributed by atoms with van der Waals surface area (Å²) in [5.74, 6) is -0.184. The average molecular weight is 359 g/mol. The van der Waals surface area contributed by atoms with Crippen molar-refractivity contribution in [1.82, 2.24) is 4.90 Å². The molecule has 0 aliphatic carbocycles. The molecule has 2 aromatic rings. The van der Waals surface area contributed by atoms with Crippen molar-refractivity contribution in [2.24, 2.45) is 5.73 Å². The van der Waals surface area contributed by atoms with Crippen molar-refractivity contribution >= 4 is 28.2 Å². The number of nitrogens with two attached hydrogens (primary N) is 1. The fraction of sp³-hybridized carbons (Fsp3) is 0.333. The zero-order chi connectivity index (χ0) is 17.8.